The third kappa shape index (κ3) is 0.773. The van der Waals surface area contributed by atoms with Crippen LogP contribution in [-0.4, -0.2) is 12.1 Å². The van der Waals surface area contributed by atoms with E-state index < -0.39 is 0 Å². The van der Waals surface area contributed by atoms with Gasteiger partial charge in [-0.15, -0.1) is 0 Å². The van der Waals surface area contributed by atoms with Gasteiger partial charge in [-0.3, -0.25) is 4.79 Å². The van der Waals surface area contributed by atoms with E-state index in [-0.39, 0.29) is 11.8 Å². The highest BCUT2D eigenvalue weighted by atomic mass is 16.1. The molecule has 0 saturated heterocycles. The van der Waals surface area contributed by atoms with Crippen molar-refractivity contribution in [2.45, 2.75) is 5.92 Å². The van der Waals surface area contributed by atoms with Crippen molar-refractivity contribution in [1.82, 2.24) is 0 Å². The predicted octanol–water partition coefficient (Wildman–Crippen LogP) is 1.78. The Bertz CT molecular complexity index is 457. The molecule has 1 heterocycles. The van der Waals surface area contributed by atoms with Crippen LogP contribution < -0.4 is 0 Å². The maximum absolute atomic E-state index is 11.3. The van der Waals surface area contributed by atoms with Crippen LogP contribution in [0.2, 0.25) is 0 Å². The summed E-state index contributed by atoms with van der Waals surface area (Å²) in [5.41, 5.74) is 3.18. The van der Waals surface area contributed by atoms with Crippen molar-refractivity contribution < 1.29 is 4.79 Å². The fourth-order valence-corrected chi connectivity index (χ4v) is 1.92. The van der Waals surface area contributed by atoms with Crippen LogP contribution >= 0.6 is 0 Å². The van der Waals surface area contributed by atoms with Crippen LogP contribution in [0, 0.1) is 0 Å². The van der Waals surface area contributed by atoms with Crippen LogP contribution in [-0.2, 0) is 4.79 Å². The zero-order chi connectivity index (χ0) is 8.84. The van der Waals surface area contributed by atoms with E-state index in [1.807, 2.05) is 30.3 Å². The molecule has 1 unspecified atom stereocenters. The molecule has 1 aromatic rings. The summed E-state index contributed by atoms with van der Waals surface area (Å²) in [4.78, 5) is 15.0. The molecule has 1 aromatic carbocycles. The standard InChI is InChI=1S/C11H7NO/c13-11-9-5-7-3-1-2-4-8(7)10(9)6-12-11/h1-6,10H. The van der Waals surface area contributed by atoms with E-state index in [1.165, 1.54) is 5.56 Å². The Morgan fingerprint density at radius 1 is 1.23 bits per heavy atom. The maximum atomic E-state index is 11.3. The number of nitrogens with zero attached hydrogens (tertiary/aromatic N) is 1. The Kier molecular flexibility index (Phi) is 1.13. The summed E-state index contributed by atoms with van der Waals surface area (Å²) in [6.45, 7) is 0. The van der Waals surface area contributed by atoms with Crippen LogP contribution in [0.4, 0.5) is 0 Å². The molecule has 0 N–H and O–H groups in total. The van der Waals surface area contributed by atoms with Gasteiger partial charge in [0.2, 0.25) is 0 Å². The van der Waals surface area contributed by atoms with E-state index in [0.29, 0.717) is 0 Å². The molecule has 0 saturated carbocycles. The number of hydrogen-bond acceptors (Lipinski definition) is 1. The van der Waals surface area contributed by atoms with Gasteiger partial charge in [-0.25, -0.2) is 4.99 Å². The maximum Gasteiger partial charge on any atom is 0.273 e. The van der Waals surface area contributed by atoms with Gasteiger partial charge in [0.25, 0.3) is 5.91 Å². The minimum absolute atomic E-state index is 0.0822. The second-order valence-electron chi connectivity index (χ2n) is 3.29. The minimum atomic E-state index is -0.0822. The monoisotopic (exact) mass is 169 g/mol. The summed E-state index contributed by atoms with van der Waals surface area (Å²) < 4.78 is 0. The zero-order valence-corrected chi connectivity index (χ0v) is 6.90. The first-order valence-electron chi connectivity index (χ1n) is 4.25. The topological polar surface area (TPSA) is 29.4 Å². The predicted molar refractivity (Wildman–Crippen MR) is 50.7 cm³/mol. The van der Waals surface area contributed by atoms with Crippen molar-refractivity contribution in [3.05, 3.63) is 41.0 Å². The van der Waals surface area contributed by atoms with E-state index in [0.717, 1.165) is 11.1 Å². The van der Waals surface area contributed by atoms with Crippen LogP contribution in [0.1, 0.15) is 17.0 Å². The van der Waals surface area contributed by atoms with Gasteiger partial charge in [-0.2, -0.15) is 0 Å². The van der Waals surface area contributed by atoms with Gasteiger partial charge in [0.15, 0.2) is 0 Å². The first-order chi connectivity index (χ1) is 6.36. The highest BCUT2D eigenvalue weighted by Gasteiger charge is 2.31. The molecule has 0 radical (unpaired) electrons. The van der Waals surface area contributed by atoms with Crippen LogP contribution in [0.25, 0.3) is 6.08 Å². The molecule has 62 valence electrons. The Labute approximate surface area is 75.6 Å². The average molecular weight is 169 g/mol. The Morgan fingerprint density at radius 3 is 3.00 bits per heavy atom. The van der Waals surface area contributed by atoms with E-state index in [2.05, 4.69) is 4.99 Å². The summed E-state index contributed by atoms with van der Waals surface area (Å²) >= 11 is 0. The van der Waals surface area contributed by atoms with Crippen LogP contribution in [0.5, 0.6) is 0 Å². The number of fused-ring (bicyclic) bond motifs is 3. The SMILES string of the molecule is O=C1N=CC2C1=Cc1ccccc12. The van der Waals surface area contributed by atoms with Gasteiger partial charge in [0.05, 0.1) is 5.92 Å². The molecule has 1 atom stereocenters. The summed E-state index contributed by atoms with van der Waals surface area (Å²) in [6, 6.07) is 8.06. The zero-order valence-electron chi connectivity index (χ0n) is 6.90. The first-order valence-corrected chi connectivity index (χ1v) is 4.25. The number of amides is 1. The quantitative estimate of drug-likeness (QED) is 0.582. The van der Waals surface area contributed by atoms with Crippen LogP contribution in [0.15, 0.2) is 34.8 Å². The molecule has 13 heavy (non-hydrogen) atoms. The summed E-state index contributed by atoms with van der Waals surface area (Å²) in [5.74, 6) is 0.0462. The molecular formula is C11H7NO. The minimum Gasteiger partial charge on any atom is -0.267 e. The fourth-order valence-electron chi connectivity index (χ4n) is 1.92. The summed E-state index contributed by atoms with van der Waals surface area (Å²) in [6.07, 6.45) is 3.68. The normalized spacial score (nSPS) is 22.9. The van der Waals surface area contributed by atoms with E-state index in [4.69, 9.17) is 0 Å². The van der Waals surface area contributed by atoms with Gasteiger partial charge in [0, 0.05) is 11.8 Å². The molecule has 0 spiro atoms. The molecule has 1 aliphatic carbocycles. The van der Waals surface area contributed by atoms with Crippen molar-refractivity contribution >= 4 is 18.2 Å². The molecule has 1 amide bonds. The van der Waals surface area contributed by atoms with Crippen molar-refractivity contribution in [1.29, 1.82) is 0 Å². The van der Waals surface area contributed by atoms with Gasteiger partial charge >= 0.3 is 0 Å². The molecule has 2 heteroatoms. The lowest BCUT2D eigenvalue weighted by Crippen LogP contribution is -1.97. The summed E-state index contributed by atoms with van der Waals surface area (Å²) in [7, 11) is 0. The van der Waals surface area contributed by atoms with Crippen molar-refractivity contribution in [2.75, 3.05) is 0 Å². The number of hydrogen-bond donors (Lipinski definition) is 0. The molecule has 0 aromatic heterocycles. The number of benzene rings is 1. The third-order valence-corrected chi connectivity index (χ3v) is 2.56. The molecule has 0 fully saturated rings. The largest absolute Gasteiger partial charge is 0.273 e. The lowest BCUT2D eigenvalue weighted by atomic mass is 9.99. The fraction of sp³-hybridized carbons (Fsp3) is 0.0909. The van der Waals surface area contributed by atoms with Crippen molar-refractivity contribution in [2.24, 2.45) is 4.99 Å². The number of aliphatic imine (C=N–C) groups is 1. The van der Waals surface area contributed by atoms with Crippen LogP contribution in [0.3, 0.4) is 0 Å². The number of carbonyl (C=O) groups is 1. The number of rotatable bonds is 0. The molecule has 1 aliphatic heterocycles. The third-order valence-electron chi connectivity index (χ3n) is 2.56. The molecule has 0 bridgehead atoms. The van der Waals surface area contributed by atoms with E-state index in [1.54, 1.807) is 6.21 Å². The number of carbonyl (C=O) groups excluding carboxylic acids is 1. The average Bonchev–Trinajstić information content (AvgIpc) is 2.67. The second kappa shape index (κ2) is 2.16. The second-order valence-corrected chi connectivity index (χ2v) is 3.29. The molecule has 2 nitrogen and oxygen atoms in total. The molecular weight excluding hydrogens is 162 g/mol. The van der Waals surface area contributed by atoms with Gasteiger partial charge in [-0.05, 0) is 17.2 Å². The molecule has 2 aliphatic rings. The van der Waals surface area contributed by atoms with Gasteiger partial charge < -0.3 is 0 Å². The smallest absolute Gasteiger partial charge is 0.267 e. The lowest BCUT2D eigenvalue weighted by molar-refractivity contribution is -0.113. The first kappa shape index (κ1) is 6.78. The highest BCUT2D eigenvalue weighted by Crippen LogP contribution is 2.38. The highest BCUT2D eigenvalue weighted by molar-refractivity contribution is 6.14. The summed E-state index contributed by atoms with van der Waals surface area (Å²) in [5, 5.41) is 0. The van der Waals surface area contributed by atoms with Crippen molar-refractivity contribution in [3.63, 3.8) is 0 Å². The Balaban J connectivity index is 2.24. The molecule has 3 rings (SSSR count). The Hall–Kier alpha value is -1.70. The van der Waals surface area contributed by atoms with E-state index in [9.17, 15) is 4.79 Å². The Morgan fingerprint density at radius 2 is 2.08 bits per heavy atom. The van der Waals surface area contributed by atoms with Gasteiger partial charge in [0.1, 0.15) is 0 Å². The van der Waals surface area contributed by atoms with Crippen molar-refractivity contribution in [3.8, 4) is 0 Å². The van der Waals surface area contributed by atoms with Gasteiger partial charge in [-0.1, -0.05) is 24.3 Å². The lowest BCUT2D eigenvalue weighted by Gasteiger charge is -2.02. The van der Waals surface area contributed by atoms with E-state index >= 15 is 0 Å².